The highest BCUT2D eigenvalue weighted by Crippen LogP contribution is 2.26. The van der Waals surface area contributed by atoms with E-state index in [1.807, 2.05) is 6.20 Å². The second kappa shape index (κ2) is 7.64. The van der Waals surface area contributed by atoms with Crippen molar-refractivity contribution in [2.45, 2.75) is 52.2 Å². The number of fused-ring (bicyclic) bond motifs is 2. The lowest BCUT2D eigenvalue weighted by Gasteiger charge is -2.29. The fourth-order valence-electron chi connectivity index (χ4n) is 3.94. The molecule has 1 aliphatic rings. The van der Waals surface area contributed by atoms with Crippen molar-refractivity contribution in [1.82, 2.24) is 19.4 Å². The van der Waals surface area contributed by atoms with Crippen molar-refractivity contribution in [2.24, 2.45) is 0 Å². The highest BCUT2D eigenvalue weighted by atomic mass is 16.5. The quantitative estimate of drug-likeness (QED) is 0.675. The van der Waals surface area contributed by atoms with E-state index < -0.39 is 0 Å². The highest BCUT2D eigenvalue weighted by molar-refractivity contribution is 5.83. The Morgan fingerprint density at radius 2 is 2.00 bits per heavy atom. The van der Waals surface area contributed by atoms with E-state index in [1.54, 1.807) is 7.11 Å². The van der Waals surface area contributed by atoms with Crippen molar-refractivity contribution in [3.63, 3.8) is 0 Å². The number of rotatable bonds is 5. The number of nitrogens with zero attached hydrogens (tertiary/aromatic N) is 4. The Morgan fingerprint density at radius 3 is 2.79 bits per heavy atom. The molecule has 4 rings (SSSR count). The van der Waals surface area contributed by atoms with Crippen LogP contribution in [0.3, 0.4) is 0 Å². The molecule has 0 amide bonds. The summed E-state index contributed by atoms with van der Waals surface area (Å²) in [4.78, 5) is 12.0. The number of ether oxygens (including phenoxy) is 1. The molecule has 0 saturated carbocycles. The number of methoxy groups -OCH3 is 1. The first-order valence-electron chi connectivity index (χ1n) is 10.1. The van der Waals surface area contributed by atoms with Gasteiger partial charge in [-0.3, -0.25) is 4.90 Å². The number of aromatic nitrogens is 3. The van der Waals surface area contributed by atoms with Gasteiger partial charge in [-0.25, -0.2) is 9.97 Å². The molecular formula is C23H30N4O. The molecular weight excluding hydrogens is 348 g/mol. The minimum Gasteiger partial charge on any atom is -0.383 e. The first kappa shape index (κ1) is 19.1. The maximum Gasteiger partial charge on any atom is 0.133 e. The Labute approximate surface area is 167 Å². The zero-order chi connectivity index (χ0) is 19.7. The van der Waals surface area contributed by atoms with Gasteiger partial charge in [-0.2, -0.15) is 0 Å². The molecule has 0 spiro atoms. The van der Waals surface area contributed by atoms with E-state index in [-0.39, 0.29) is 5.41 Å². The average molecular weight is 379 g/mol. The van der Waals surface area contributed by atoms with E-state index in [4.69, 9.17) is 9.72 Å². The summed E-state index contributed by atoms with van der Waals surface area (Å²) < 4.78 is 7.59. The third-order valence-corrected chi connectivity index (χ3v) is 5.49. The van der Waals surface area contributed by atoms with Crippen LogP contribution in [0.4, 0.5) is 0 Å². The third kappa shape index (κ3) is 3.82. The van der Waals surface area contributed by atoms with Crippen LogP contribution in [0.5, 0.6) is 0 Å². The summed E-state index contributed by atoms with van der Waals surface area (Å²) in [5.41, 5.74) is 5.14. The molecule has 1 aromatic carbocycles. The molecule has 0 atom stereocenters. The first-order chi connectivity index (χ1) is 13.5. The van der Waals surface area contributed by atoms with Crippen molar-refractivity contribution in [1.29, 1.82) is 0 Å². The minimum absolute atomic E-state index is 0.00377. The maximum absolute atomic E-state index is 5.28. The van der Waals surface area contributed by atoms with Gasteiger partial charge in [0.1, 0.15) is 5.82 Å². The maximum atomic E-state index is 5.28. The lowest BCUT2D eigenvalue weighted by atomic mass is 9.95. The van der Waals surface area contributed by atoms with Gasteiger partial charge in [0.25, 0.3) is 0 Å². The van der Waals surface area contributed by atoms with Gasteiger partial charge in [-0.05, 0) is 11.6 Å². The Balaban J connectivity index is 1.55. The van der Waals surface area contributed by atoms with Gasteiger partial charge < -0.3 is 9.30 Å². The largest absolute Gasteiger partial charge is 0.383 e. The van der Waals surface area contributed by atoms with E-state index in [1.165, 1.54) is 27.7 Å². The van der Waals surface area contributed by atoms with Crippen LogP contribution in [0, 0.1) is 0 Å². The predicted molar refractivity (Wildman–Crippen MR) is 112 cm³/mol. The van der Waals surface area contributed by atoms with Gasteiger partial charge in [-0.15, -0.1) is 0 Å². The van der Waals surface area contributed by atoms with Crippen LogP contribution in [0.15, 0.2) is 36.7 Å². The molecule has 148 valence electrons. The Morgan fingerprint density at radius 1 is 1.18 bits per heavy atom. The van der Waals surface area contributed by atoms with Gasteiger partial charge in [0.2, 0.25) is 0 Å². The van der Waals surface area contributed by atoms with Crippen molar-refractivity contribution in [3.05, 3.63) is 59.3 Å². The van der Waals surface area contributed by atoms with E-state index >= 15 is 0 Å². The van der Waals surface area contributed by atoms with Crippen LogP contribution in [-0.2, 0) is 36.2 Å². The van der Waals surface area contributed by atoms with Gasteiger partial charge in [-0.1, -0.05) is 39.0 Å². The molecule has 0 N–H and O–H groups in total. The van der Waals surface area contributed by atoms with Crippen LogP contribution in [-0.4, -0.2) is 39.7 Å². The number of para-hydroxylation sites is 1. The predicted octanol–water partition coefficient (Wildman–Crippen LogP) is 3.93. The minimum atomic E-state index is -0.00377. The number of hydrogen-bond donors (Lipinski definition) is 0. The highest BCUT2D eigenvalue weighted by Gasteiger charge is 2.23. The van der Waals surface area contributed by atoms with Crippen molar-refractivity contribution in [2.75, 3.05) is 20.3 Å². The summed E-state index contributed by atoms with van der Waals surface area (Å²) in [7, 11) is 1.75. The molecule has 5 nitrogen and oxygen atoms in total. The monoisotopic (exact) mass is 378 g/mol. The molecule has 0 radical (unpaired) electrons. The van der Waals surface area contributed by atoms with Crippen molar-refractivity contribution < 1.29 is 4.74 Å². The van der Waals surface area contributed by atoms with E-state index in [0.717, 1.165) is 45.0 Å². The van der Waals surface area contributed by atoms with Gasteiger partial charge in [0, 0.05) is 79.7 Å². The van der Waals surface area contributed by atoms with Crippen molar-refractivity contribution in [3.8, 4) is 0 Å². The molecule has 0 fully saturated rings. The molecule has 1 aliphatic heterocycles. The zero-order valence-corrected chi connectivity index (χ0v) is 17.4. The van der Waals surface area contributed by atoms with E-state index in [2.05, 4.69) is 65.7 Å². The van der Waals surface area contributed by atoms with Crippen LogP contribution < -0.4 is 0 Å². The first-order valence-corrected chi connectivity index (χ1v) is 10.1. The molecule has 0 aliphatic carbocycles. The average Bonchev–Trinajstić information content (AvgIpc) is 3.03. The molecule has 28 heavy (non-hydrogen) atoms. The lowest BCUT2D eigenvalue weighted by Crippen LogP contribution is -2.31. The summed E-state index contributed by atoms with van der Waals surface area (Å²) in [5, 5.41) is 1.34. The SMILES string of the molecule is COCCn1cc(CN2CCc3nc(C(C)(C)C)ncc3C2)c2ccccc21. The molecule has 0 saturated heterocycles. The fraction of sp³-hybridized carbons (Fsp3) is 0.478. The summed E-state index contributed by atoms with van der Waals surface area (Å²) in [6, 6.07) is 8.66. The second-order valence-electron chi connectivity index (χ2n) is 8.73. The topological polar surface area (TPSA) is 43.2 Å². The Bertz CT molecular complexity index is 970. The molecule has 3 aromatic rings. The fourth-order valence-corrected chi connectivity index (χ4v) is 3.94. The Hall–Kier alpha value is -2.24. The normalized spacial score (nSPS) is 15.1. The number of hydrogen-bond acceptors (Lipinski definition) is 4. The smallest absolute Gasteiger partial charge is 0.133 e. The Kier molecular flexibility index (Phi) is 5.21. The van der Waals surface area contributed by atoms with Gasteiger partial charge in [0.05, 0.1) is 6.61 Å². The standard InChI is InChI=1S/C23H30N4O/c1-23(2,3)22-24-13-17-14-26(10-9-20(17)25-22)15-18-16-27(11-12-28-4)21-8-6-5-7-19(18)21/h5-8,13,16H,9-12,14-15H2,1-4H3. The molecule has 3 heterocycles. The summed E-state index contributed by atoms with van der Waals surface area (Å²) in [6.45, 7) is 11.0. The number of benzene rings is 1. The van der Waals surface area contributed by atoms with Crippen LogP contribution in [0.1, 0.15) is 43.4 Å². The molecule has 0 bridgehead atoms. The van der Waals surface area contributed by atoms with Crippen molar-refractivity contribution >= 4 is 10.9 Å². The van der Waals surface area contributed by atoms with Crippen LogP contribution >= 0.6 is 0 Å². The summed E-state index contributed by atoms with van der Waals surface area (Å²) in [6.07, 6.45) is 5.32. The van der Waals surface area contributed by atoms with E-state index in [9.17, 15) is 0 Å². The van der Waals surface area contributed by atoms with Crippen LogP contribution in [0.2, 0.25) is 0 Å². The molecule has 0 unspecified atom stereocenters. The summed E-state index contributed by atoms with van der Waals surface area (Å²) >= 11 is 0. The third-order valence-electron chi connectivity index (χ3n) is 5.49. The lowest BCUT2D eigenvalue weighted by molar-refractivity contribution is 0.188. The summed E-state index contributed by atoms with van der Waals surface area (Å²) in [5.74, 6) is 0.945. The van der Waals surface area contributed by atoms with Gasteiger partial charge in [0.15, 0.2) is 0 Å². The molecule has 2 aromatic heterocycles. The molecule has 5 heteroatoms. The second-order valence-corrected chi connectivity index (χ2v) is 8.73. The van der Waals surface area contributed by atoms with E-state index in [0.29, 0.717) is 0 Å². The zero-order valence-electron chi connectivity index (χ0n) is 17.4. The van der Waals surface area contributed by atoms with Crippen LogP contribution in [0.25, 0.3) is 10.9 Å². The van der Waals surface area contributed by atoms with Gasteiger partial charge >= 0.3 is 0 Å².